The zero-order valence-electron chi connectivity index (χ0n) is 21.4. The lowest BCUT2D eigenvalue weighted by Crippen LogP contribution is -2.55. The van der Waals surface area contributed by atoms with Gasteiger partial charge in [-0.3, -0.25) is 14.4 Å². The molecule has 34 heavy (non-hydrogen) atoms. The molecular formula is C27H44N2O5. The molecule has 2 fully saturated rings. The number of rotatable bonds is 10. The minimum Gasteiger partial charge on any atom is -0.466 e. The van der Waals surface area contributed by atoms with Gasteiger partial charge in [0.2, 0.25) is 11.8 Å². The van der Waals surface area contributed by atoms with Crippen LogP contribution in [0.4, 0.5) is 0 Å². The normalized spacial score (nSPS) is 31.1. The summed E-state index contributed by atoms with van der Waals surface area (Å²) in [6.45, 7) is 7.92. The van der Waals surface area contributed by atoms with Crippen molar-refractivity contribution in [3.8, 4) is 0 Å². The molecule has 0 aromatic heterocycles. The highest BCUT2D eigenvalue weighted by Crippen LogP contribution is 2.47. The van der Waals surface area contributed by atoms with Gasteiger partial charge < -0.3 is 20.1 Å². The van der Waals surface area contributed by atoms with Crippen LogP contribution in [0.3, 0.4) is 0 Å². The summed E-state index contributed by atoms with van der Waals surface area (Å²) >= 11 is 0. The molecule has 3 rings (SSSR count). The average molecular weight is 477 g/mol. The minimum atomic E-state index is -0.721. The van der Waals surface area contributed by atoms with E-state index >= 15 is 0 Å². The monoisotopic (exact) mass is 476 g/mol. The molecular weight excluding hydrogens is 432 g/mol. The molecule has 1 saturated heterocycles. The molecule has 1 saturated carbocycles. The first-order valence-electron chi connectivity index (χ1n) is 13.5. The predicted octanol–water partition coefficient (Wildman–Crippen LogP) is 3.45. The molecule has 0 aromatic carbocycles. The first-order chi connectivity index (χ1) is 16.4. The molecule has 192 valence electrons. The molecule has 0 radical (unpaired) electrons. The number of nitrogens with zero attached hydrogens (tertiary/aromatic N) is 1. The number of hydrogen-bond donors (Lipinski definition) is 2. The standard InChI is InChI=1S/C27H44N2O5/c1-5-11-18-14-15-20-23(22(18)27(33)34-7-3)26(32)29(21(16-30)17(4)6-2)24(20)25(31)28-19-12-9-8-10-13-19/h14-15,17-24,30H,5-13,16H2,1-4H3,(H,28,31)/t17-,18+,20-,21-,22+,23-,24-/m0/s1. The number of nitrogens with one attached hydrogen (secondary N) is 1. The predicted molar refractivity (Wildman–Crippen MR) is 131 cm³/mol. The van der Waals surface area contributed by atoms with Crippen molar-refractivity contribution >= 4 is 17.8 Å². The van der Waals surface area contributed by atoms with Gasteiger partial charge in [-0.15, -0.1) is 0 Å². The summed E-state index contributed by atoms with van der Waals surface area (Å²) in [6, 6.07) is -1.07. The van der Waals surface area contributed by atoms with Crippen molar-refractivity contribution < 1.29 is 24.2 Å². The Labute approximate surface area is 204 Å². The number of amides is 2. The van der Waals surface area contributed by atoms with Crippen molar-refractivity contribution in [2.75, 3.05) is 13.2 Å². The van der Waals surface area contributed by atoms with Gasteiger partial charge in [-0.25, -0.2) is 0 Å². The summed E-state index contributed by atoms with van der Waals surface area (Å²) in [5.74, 6) is -2.42. The first kappa shape index (κ1) is 26.7. The smallest absolute Gasteiger partial charge is 0.310 e. The lowest BCUT2D eigenvalue weighted by Gasteiger charge is -2.37. The van der Waals surface area contributed by atoms with Crippen LogP contribution in [0.15, 0.2) is 12.2 Å². The minimum absolute atomic E-state index is 0.0237. The van der Waals surface area contributed by atoms with E-state index in [1.54, 1.807) is 11.8 Å². The molecule has 0 unspecified atom stereocenters. The number of aliphatic hydroxyl groups excluding tert-OH is 1. The van der Waals surface area contributed by atoms with E-state index in [0.29, 0.717) is 0 Å². The summed E-state index contributed by atoms with van der Waals surface area (Å²) in [6.07, 6.45) is 11.8. The lowest BCUT2D eigenvalue weighted by atomic mass is 9.68. The van der Waals surface area contributed by atoms with Gasteiger partial charge in [-0.1, -0.05) is 65.0 Å². The summed E-state index contributed by atoms with van der Waals surface area (Å²) in [5.41, 5.74) is 0. The summed E-state index contributed by atoms with van der Waals surface area (Å²) in [7, 11) is 0. The summed E-state index contributed by atoms with van der Waals surface area (Å²) < 4.78 is 5.43. The molecule has 1 heterocycles. The zero-order chi connectivity index (χ0) is 24.8. The van der Waals surface area contributed by atoms with E-state index in [4.69, 9.17) is 4.74 Å². The average Bonchev–Trinajstić information content (AvgIpc) is 3.12. The number of esters is 1. The van der Waals surface area contributed by atoms with Crippen LogP contribution in [-0.4, -0.2) is 59.1 Å². The van der Waals surface area contributed by atoms with Crippen LogP contribution in [0.5, 0.6) is 0 Å². The number of carbonyl (C=O) groups excluding carboxylic acids is 3. The van der Waals surface area contributed by atoms with E-state index < -0.39 is 29.8 Å². The lowest BCUT2D eigenvalue weighted by molar-refractivity contribution is -0.156. The topological polar surface area (TPSA) is 95.9 Å². The highest BCUT2D eigenvalue weighted by molar-refractivity contribution is 5.96. The largest absolute Gasteiger partial charge is 0.466 e. The molecule has 2 amide bonds. The van der Waals surface area contributed by atoms with Crippen LogP contribution in [0.25, 0.3) is 0 Å². The van der Waals surface area contributed by atoms with Crippen LogP contribution >= 0.6 is 0 Å². The SMILES string of the molecule is CCC[C@@H]1C=C[C@H]2[C@H](C(=O)N([C@@H](CO)[C@@H](C)CC)[C@@H]2C(=O)NC2CCCCC2)[C@@H]1C(=O)OCC. The Bertz CT molecular complexity index is 747. The van der Waals surface area contributed by atoms with E-state index in [-0.39, 0.29) is 48.9 Å². The van der Waals surface area contributed by atoms with Crippen molar-refractivity contribution in [3.05, 3.63) is 12.2 Å². The Balaban J connectivity index is 2.01. The van der Waals surface area contributed by atoms with Crippen molar-refractivity contribution in [1.82, 2.24) is 10.2 Å². The Morgan fingerprint density at radius 1 is 1.18 bits per heavy atom. The van der Waals surface area contributed by atoms with Crippen LogP contribution in [0.1, 0.15) is 79.1 Å². The van der Waals surface area contributed by atoms with Crippen LogP contribution in [0.2, 0.25) is 0 Å². The van der Waals surface area contributed by atoms with E-state index in [0.717, 1.165) is 44.9 Å². The molecule has 1 aliphatic heterocycles. The Morgan fingerprint density at radius 2 is 1.88 bits per heavy atom. The fourth-order valence-corrected chi connectivity index (χ4v) is 6.32. The zero-order valence-corrected chi connectivity index (χ0v) is 21.4. The third kappa shape index (κ3) is 5.34. The number of likely N-dealkylation sites (tertiary alicyclic amines) is 1. The van der Waals surface area contributed by atoms with Gasteiger partial charge >= 0.3 is 5.97 Å². The maximum atomic E-state index is 14.0. The molecule has 2 aliphatic carbocycles. The second-order valence-corrected chi connectivity index (χ2v) is 10.4. The van der Waals surface area contributed by atoms with Gasteiger partial charge in [-0.2, -0.15) is 0 Å². The van der Waals surface area contributed by atoms with E-state index in [2.05, 4.69) is 12.2 Å². The van der Waals surface area contributed by atoms with Crippen molar-refractivity contribution in [2.24, 2.45) is 29.6 Å². The summed E-state index contributed by atoms with van der Waals surface area (Å²) in [5, 5.41) is 13.5. The van der Waals surface area contributed by atoms with Crippen molar-refractivity contribution in [1.29, 1.82) is 0 Å². The van der Waals surface area contributed by atoms with Gasteiger partial charge in [0, 0.05) is 12.0 Å². The molecule has 0 spiro atoms. The number of fused-ring (bicyclic) bond motifs is 1. The van der Waals surface area contributed by atoms with Gasteiger partial charge in [-0.05, 0) is 38.0 Å². The van der Waals surface area contributed by atoms with E-state index in [1.807, 2.05) is 26.0 Å². The highest BCUT2D eigenvalue weighted by Gasteiger charge is 2.59. The van der Waals surface area contributed by atoms with Gasteiger partial charge in [0.25, 0.3) is 0 Å². The third-order valence-electron chi connectivity index (χ3n) is 8.29. The van der Waals surface area contributed by atoms with Crippen LogP contribution in [0, 0.1) is 29.6 Å². The Morgan fingerprint density at radius 3 is 2.47 bits per heavy atom. The fourth-order valence-electron chi connectivity index (χ4n) is 6.32. The van der Waals surface area contributed by atoms with Gasteiger partial charge in [0.1, 0.15) is 6.04 Å². The van der Waals surface area contributed by atoms with Crippen molar-refractivity contribution in [2.45, 2.75) is 97.2 Å². The Kier molecular flexibility index (Phi) is 9.57. The van der Waals surface area contributed by atoms with Gasteiger partial charge in [0.05, 0.1) is 31.1 Å². The van der Waals surface area contributed by atoms with Crippen LogP contribution < -0.4 is 5.32 Å². The Hall–Kier alpha value is -1.89. The maximum absolute atomic E-state index is 14.0. The second-order valence-electron chi connectivity index (χ2n) is 10.4. The number of ether oxygens (including phenoxy) is 1. The van der Waals surface area contributed by atoms with E-state index in [9.17, 15) is 19.5 Å². The highest BCUT2D eigenvalue weighted by atomic mass is 16.5. The molecule has 2 N–H and O–H groups in total. The van der Waals surface area contributed by atoms with Crippen molar-refractivity contribution in [3.63, 3.8) is 0 Å². The molecule has 7 heteroatoms. The molecule has 3 aliphatic rings. The molecule has 0 bridgehead atoms. The fraction of sp³-hybridized carbons (Fsp3) is 0.815. The number of carbonyl (C=O) groups is 3. The quantitative estimate of drug-likeness (QED) is 0.372. The first-order valence-corrected chi connectivity index (χ1v) is 13.5. The molecule has 7 nitrogen and oxygen atoms in total. The number of aliphatic hydroxyl groups is 1. The number of allylic oxidation sites excluding steroid dienone is 1. The third-order valence-corrected chi connectivity index (χ3v) is 8.29. The van der Waals surface area contributed by atoms with E-state index in [1.165, 1.54) is 6.42 Å². The number of hydrogen-bond acceptors (Lipinski definition) is 5. The second kappa shape index (κ2) is 12.2. The maximum Gasteiger partial charge on any atom is 0.310 e. The summed E-state index contributed by atoms with van der Waals surface area (Å²) in [4.78, 5) is 42.5. The van der Waals surface area contributed by atoms with Crippen LogP contribution in [-0.2, 0) is 19.1 Å². The van der Waals surface area contributed by atoms with Gasteiger partial charge in [0.15, 0.2) is 0 Å². The molecule has 7 atom stereocenters. The molecule has 0 aromatic rings.